The summed E-state index contributed by atoms with van der Waals surface area (Å²) in [6.45, 7) is 2.19. The molecule has 2 rings (SSSR count). The lowest BCUT2D eigenvalue weighted by molar-refractivity contribution is 0.659. The van der Waals surface area contributed by atoms with E-state index in [2.05, 4.69) is 41.9 Å². The molecule has 0 bridgehead atoms. The zero-order valence-corrected chi connectivity index (χ0v) is 8.69. The Labute approximate surface area is 82.4 Å². The zero-order valence-electron chi connectivity index (χ0n) is 7.87. The summed E-state index contributed by atoms with van der Waals surface area (Å²) in [5.74, 6) is 0. The van der Waals surface area contributed by atoms with Gasteiger partial charge >= 0.3 is 0 Å². The summed E-state index contributed by atoms with van der Waals surface area (Å²) in [7, 11) is 2.00. The van der Waals surface area contributed by atoms with Crippen LogP contribution in [-0.2, 0) is 0 Å². The van der Waals surface area contributed by atoms with Crippen molar-refractivity contribution in [1.82, 2.24) is 5.32 Å². The first kappa shape index (κ1) is 8.73. The van der Waals surface area contributed by atoms with Gasteiger partial charge in [0, 0.05) is 10.7 Å². The van der Waals surface area contributed by atoms with Crippen LogP contribution in [0.25, 0.3) is 10.1 Å². The minimum atomic E-state index is 0.441. The minimum Gasteiger partial charge on any atom is -0.313 e. The van der Waals surface area contributed by atoms with Crippen molar-refractivity contribution >= 4 is 21.4 Å². The Hall–Kier alpha value is -0.860. The van der Waals surface area contributed by atoms with Gasteiger partial charge in [-0.1, -0.05) is 18.2 Å². The Bertz CT molecular complexity index is 405. The van der Waals surface area contributed by atoms with Gasteiger partial charge in [0.2, 0.25) is 0 Å². The minimum absolute atomic E-state index is 0.441. The van der Waals surface area contributed by atoms with Gasteiger partial charge in [0.1, 0.15) is 0 Å². The Kier molecular flexibility index (Phi) is 2.34. The lowest BCUT2D eigenvalue weighted by Crippen LogP contribution is -2.11. The molecular weight excluding hydrogens is 178 g/mol. The molecule has 0 saturated carbocycles. The van der Waals surface area contributed by atoms with E-state index >= 15 is 0 Å². The summed E-state index contributed by atoms with van der Waals surface area (Å²) in [5.41, 5.74) is 1.41. The number of hydrogen-bond donors (Lipinski definition) is 1. The smallest absolute Gasteiger partial charge is 0.0346 e. The summed E-state index contributed by atoms with van der Waals surface area (Å²) in [6.07, 6.45) is 0. The molecule has 68 valence electrons. The molecule has 1 N–H and O–H groups in total. The standard InChI is InChI=1S/C11H13NS/c1-8(12-2)10-7-13-11-6-4-3-5-9(10)11/h3-8,12H,1-2H3/t8-/m1/s1. The van der Waals surface area contributed by atoms with Crippen LogP contribution in [0.15, 0.2) is 29.6 Å². The van der Waals surface area contributed by atoms with E-state index in [4.69, 9.17) is 0 Å². The molecule has 0 spiro atoms. The van der Waals surface area contributed by atoms with Crippen LogP contribution in [0.3, 0.4) is 0 Å². The Balaban J connectivity index is 2.57. The zero-order chi connectivity index (χ0) is 9.26. The van der Waals surface area contributed by atoms with E-state index in [9.17, 15) is 0 Å². The molecule has 0 radical (unpaired) electrons. The summed E-state index contributed by atoms with van der Waals surface area (Å²) in [4.78, 5) is 0. The van der Waals surface area contributed by atoms with Gasteiger partial charge in [-0.15, -0.1) is 11.3 Å². The number of nitrogens with one attached hydrogen (secondary N) is 1. The summed E-state index contributed by atoms with van der Waals surface area (Å²) >= 11 is 1.82. The van der Waals surface area contributed by atoms with Gasteiger partial charge in [0.25, 0.3) is 0 Å². The van der Waals surface area contributed by atoms with Crippen molar-refractivity contribution < 1.29 is 0 Å². The average molecular weight is 191 g/mol. The van der Waals surface area contributed by atoms with Gasteiger partial charge in [-0.2, -0.15) is 0 Å². The largest absolute Gasteiger partial charge is 0.313 e. The maximum atomic E-state index is 3.27. The summed E-state index contributed by atoms with van der Waals surface area (Å²) in [5, 5.41) is 6.89. The Morgan fingerprint density at radius 3 is 2.85 bits per heavy atom. The molecule has 2 heteroatoms. The second kappa shape index (κ2) is 3.48. The third-order valence-corrected chi connectivity index (χ3v) is 3.39. The molecule has 0 saturated heterocycles. The van der Waals surface area contributed by atoms with Gasteiger partial charge in [-0.05, 0) is 36.4 Å². The molecule has 0 amide bonds. The lowest BCUT2D eigenvalue weighted by atomic mass is 10.1. The van der Waals surface area contributed by atoms with Gasteiger partial charge in [0.15, 0.2) is 0 Å². The monoisotopic (exact) mass is 191 g/mol. The van der Waals surface area contributed by atoms with Gasteiger partial charge < -0.3 is 5.32 Å². The number of rotatable bonds is 2. The molecule has 0 fully saturated rings. The molecular formula is C11H13NS. The van der Waals surface area contributed by atoms with Gasteiger partial charge in [0.05, 0.1) is 0 Å². The Morgan fingerprint density at radius 2 is 2.08 bits per heavy atom. The topological polar surface area (TPSA) is 12.0 Å². The van der Waals surface area contributed by atoms with E-state index in [-0.39, 0.29) is 0 Å². The highest BCUT2D eigenvalue weighted by Crippen LogP contribution is 2.29. The van der Waals surface area contributed by atoms with Crippen molar-refractivity contribution in [3.8, 4) is 0 Å². The van der Waals surface area contributed by atoms with Gasteiger partial charge in [-0.25, -0.2) is 0 Å². The predicted octanol–water partition coefficient (Wildman–Crippen LogP) is 3.18. The van der Waals surface area contributed by atoms with E-state index in [1.54, 1.807) is 0 Å². The lowest BCUT2D eigenvalue weighted by Gasteiger charge is -2.08. The van der Waals surface area contributed by atoms with Crippen LogP contribution in [0.1, 0.15) is 18.5 Å². The summed E-state index contributed by atoms with van der Waals surface area (Å²) in [6, 6.07) is 8.99. The second-order valence-corrected chi connectivity index (χ2v) is 4.11. The second-order valence-electron chi connectivity index (χ2n) is 3.20. The van der Waals surface area contributed by atoms with Crippen LogP contribution in [0.4, 0.5) is 0 Å². The van der Waals surface area contributed by atoms with E-state index in [0.717, 1.165) is 0 Å². The van der Waals surface area contributed by atoms with Crippen molar-refractivity contribution in [1.29, 1.82) is 0 Å². The van der Waals surface area contributed by atoms with Crippen LogP contribution in [0, 0.1) is 0 Å². The van der Waals surface area contributed by atoms with E-state index in [1.807, 2.05) is 18.4 Å². The van der Waals surface area contributed by atoms with E-state index < -0.39 is 0 Å². The fourth-order valence-electron chi connectivity index (χ4n) is 1.49. The fraction of sp³-hybridized carbons (Fsp3) is 0.273. The number of benzene rings is 1. The quantitative estimate of drug-likeness (QED) is 0.768. The molecule has 0 aliphatic carbocycles. The van der Waals surface area contributed by atoms with Crippen molar-refractivity contribution in [3.63, 3.8) is 0 Å². The maximum Gasteiger partial charge on any atom is 0.0346 e. The number of hydrogen-bond acceptors (Lipinski definition) is 2. The van der Waals surface area contributed by atoms with Crippen LogP contribution < -0.4 is 5.32 Å². The first-order valence-electron chi connectivity index (χ1n) is 4.46. The maximum absolute atomic E-state index is 3.27. The fourth-order valence-corrected chi connectivity index (χ4v) is 2.54. The molecule has 1 nitrogen and oxygen atoms in total. The third-order valence-electron chi connectivity index (χ3n) is 2.41. The van der Waals surface area contributed by atoms with Crippen LogP contribution in [0.5, 0.6) is 0 Å². The highest BCUT2D eigenvalue weighted by atomic mass is 32.1. The number of thiophene rings is 1. The highest BCUT2D eigenvalue weighted by molar-refractivity contribution is 7.17. The molecule has 1 aromatic carbocycles. The molecule has 0 aliphatic rings. The molecule has 0 unspecified atom stereocenters. The number of fused-ring (bicyclic) bond motifs is 1. The van der Waals surface area contributed by atoms with Crippen molar-refractivity contribution in [2.75, 3.05) is 7.05 Å². The van der Waals surface area contributed by atoms with E-state index in [0.29, 0.717) is 6.04 Å². The van der Waals surface area contributed by atoms with Crippen molar-refractivity contribution in [2.24, 2.45) is 0 Å². The molecule has 1 atom stereocenters. The Morgan fingerprint density at radius 1 is 1.31 bits per heavy atom. The first-order valence-corrected chi connectivity index (χ1v) is 5.34. The molecule has 1 heterocycles. The van der Waals surface area contributed by atoms with E-state index in [1.165, 1.54) is 15.6 Å². The van der Waals surface area contributed by atoms with Crippen LogP contribution >= 0.6 is 11.3 Å². The molecule has 0 aliphatic heterocycles. The molecule has 1 aromatic heterocycles. The van der Waals surface area contributed by atoms with Crippen molar-refractivity contribution in [3.05, 3.63) is 35.2 Å². The van der Waals surface area contributed by atoms with Gasteiger partial charge in [-0.3, -0.25) is 0 Å². The first-order chi connectivity index (χ1) is 6.33. The van der Waals surface area contributed by atoms with Crippen molar-refractivity contribution in [2.45, 2.75) is 13.0 Å². The summed E-state index contributed by atoms with van der Waals surface area (Å²) < 4.78 is 1.37. The highest BCUT2D eigenvalue weighted by Gasteiger charge is 2.08. The normalized spacial score (nSPS) is 13.4. The van der Waals surface area contributed by atoms with Crippen LogP contribution in [0.2, 0.25) is 0 Å². The average Bonchev–Trinajstić information content (AvgIpc) is 2.60. The SMILES string of the molecule is CN[C@H](C)c1csc2ccccc12. The molecule has 13 heavy (non-hydrogen) atoms. The predicted molar refractivity (Wildman–Crippen MR) is 59.3 cm³/mol. The van der Waals surface area contributed by atoms with Crippen LogP contribution in [-0.4, -0.2) is 7.05 Å². The molecule has 2 aromatic rings. The third kappa shape index (κ3) is 1.47.